The Hall–Kier alpha value is -1.13. The van der Waals surface area contributed by atoms with Gasteiger partial charge in [-0.15, -0.1) is 0 Å². The summed E-state index contributed by atoms with van der Waals surface area (Å²) >= 11 is 0. The molecule has 2 atom stereocenters. The molecule has 2 rings (SSSR count). The van der Waals surface area contributed by atoms with Crippen LogP contribution in [0.25, 0.3) is 0 Å². The Bertz CT molecular complexity index is 343. The fraction of sp³-hybridized carbons (Fsp3) is 0.400. The molecule has 0 unspecified atom stereocenters. The molecule has 0 aromatic heterocycles. The fourth-order valence-corrected chi connectivity index (χ4v) is 1.63. The van der Waals surface area contributed by atoms with Crippen LogP contribution >= 0.6 is 0 Å². The Balaban J connectivity index is 2.38. The van der Waals surface area contributed by atoms with Gasteiger partial charge in [0.1, 0.15) is 11.6 Å². The molecule has 0 bridgehead atoms. The number of nitrogens with two attached hydrogens (primary N) is 1. The standard InChI is InChI=1S/C10H12FNO2/c11-7-1-2-9-8(3-7)10(12)6(4-13)5-14-9/h1-3,6,10,13H,4-5,12H2/t6-,10-/m0/s1. The van der Waals surface area contributed by atoms with Crippen molar-refractivity contribution in [1.29, 1.82) is 0 Å². The van der Waals surface area contributed by atoms with Gasteiger partial charge in [-0.25, -0.2) is 4.39 Å². The first-order valence-corrected chi connectivity index (χ1v) is 4.51. The maximum atomic E-state index is 12.9. The predicted molar refractivity (Wildman–Crippen MR) is 49.4 cm³/mol. The van der Waals surface area contributed by atoms with Crippen LogP contribution in [0.5, 0.6) is 5.75 Å². The van der Waals surface area contributed by atoms with Gasteiger partial charge < -0.3 is 15.6 Å². The number of ether oxygens (including phenoxy) is 1. The topological polar surface area (TPSA) is 55.5 Å². The Labute approximate surface area is 81.3 Å². The molecular weight excluding hydrogens is 185 g/mol. The molecule has 3 nitrogen and oxygen atoms in total. The molecule has 1 aromatic rings. The van der Waals surface area contributed by atoms with Gasteiger partial charge in [0.2, 0.25) is 0 Å². The molecule has 1 aliphatic rings. The highest BCUT2D eigenvalue weighted by Crippen LogP contribution is 2.33. The van der Waals surface area contributed by atoms with E-state index in [1.807, 2.05) is 0 Å². The van der Waals surface area contributed by atoms with Gasteiger partial charge >= 0.3 is 0 Å². The minimum Gasteiger partial charge on any atom is -0.493 e. The summed E-state index contributed by atoms with van der Waals surface area (Å²) in [5.41, 5.74) is 6.50. The second kappa shape index (κ2) is 3.55. The number of fused-ring (bicyclic) bond motifs is 1. The fourth-order valence-electron chi connectivity index (χ4n) is 1.63. The van der Waals surface area contributed by atoms with Crippen LogP contribution in [0.2, 0.25) is 0 Å². The highest BCUT2D eigenvalue weighted by molar-refractivity contribution is 5.38. The lowest BCUT2D eigenvalue weighted by Crippen LogP contribution is -2.33. The Morgan fingerprint density at radius 3 is 3.07 bits per heavy atom. The zero-order chi connectivity index (χ0) is 10.1. The quantitative estimate of drug-likeness (QED) is 0.701. The highest BCUT2D eigenvalue weighted by Gasteiger charge is 2.27. The molecule has 1 aliphatic heterocycles. The molecular formula is C10H12FNO2. The number of aliphatic hydroxyl groups excluding tert-OH is 1. The van der Waals surface area contributed by atoms with Crippen LogP contribution in [0.1, 0.15) is 11.6 Å². The number of aliphatic hydroxyl groups is 1. The molecule has 0 saturated heterocycles. The lowest BCUT2D eigenvalue weighted by molar-refractivity contribution is 0.124. The van der Waals surface area contributed by atoms with E-state index in [1.54, 1.807) is 6.07 Å². The minimum absolute atomic E-state index is 0.0445. The van der Waals surface area contributed by atoms with Gasteiger partial charge in [-0.05, 0) is 18.2 Å². The van der Waals surface area contributed by atoms with Crippen molar-refractivity contribution in [3.8, 4) is 5.75 Å². The number of benzene rings is 1. The van der Waals surface area contributed by atoms with Crippen LogP contribution in [-0.4, -0.2) is 18.3 Å². The number of halogens is 1. The Morgan fingerprint density at radius 2 is 2.36 bits per heavy atom. The van der Waals surface area contributed by atoms with Crippen LogP contribution in [0.15, 0.2) is 18.2 Å². The van der Waals surface area contributed by atoms with Crippen molar-refractivity contribution in [2.24, 2.45) is 11.7 Å². The summed E-state index contributed by atoms with van der Waals surface area (Å²) in [6.45, 7) is 0.341. The van der Waals surface area contributed by atoms with E-state index in [0.29, 0.717) is 17.9 Å². The van der Waals surface area contributed by atoms with Gasteiger partial charge in [0.25, 0.3) is 0 Å². The van der Waals surface area contributed by atoms with Gasteiger partial charge in [-0.2, -0.15) is 0 Å². The zero-order valence-electron chi connectivity index (χ0n) is 7.61. The van der Waals surface area contributed by atoms with Crippen molar-refractivity contribution in [3.63, 3.8) is 0 Å². The molecule has 0 spiro atoms. The molecule has 3 N–H and O–H groups in total. The summed E-state index contributed by atoms with van der Waals surface area (Å²) in [4.78, 5) is 0. The van der Waals surface area contributed by atoms with E-state index < -0.39 is 0 Å². The van der Waals surface area contributed by atoms with E-state index in [1.165, 1.54) is 12.1 Å². The number of hydrogen-bond acceptors (Lipinski definition) is 3. The van der Waals surface area contributed by atoms with E-state index in [-0.39, 0.29) is 24.4 Å². The first-order chi connectivity index (χ1) is 6.72. The molecule has 4 heteroatoms. The monoisotopic (exact) mass is 197 g/mol. The van der Waals surface area contributed by atoms with E-state index in [4.69, 9.17) is 15.6 Å². The summed E-state index contributed by atoms with van der Waals surface area (Å²) in [5.74, 6) is 0.134. The lowest BCUT2D eigenvalue weighted by atomic mass is 9.92. The van der Waals surface area contributed by atoms with Crippen molar-refractivity contribution in [2.45, 2.75) is 6.04 Å². The summed E-state index contributed by atoms with van der Waals surface area (Å²) in [6, 6.07) is 3.92. The summed E-state index contributed by atoms with van der Waals surface area (Å²) in [7, 11) is 0. The van der Waals surface area contributed by atoms with Gasteiger partial charge in [0.05, 0.1) is 13.2 Å². The first-order valence-electron chi connectivity index (χ1n) is 4.51. The molecule has 76 valence electrons. The Kier molecular flexibility index (Phi) is 2.39. The van der Waals surface area contributed by atoms with Crippen molar-refractivity contribution in [1.82, 2.24) is 0 Å². The molecule has 0 saturated carbocycles. The molecule has 0 amide bonds. The van der Waals surface area contributed by atoms with Gasteiger partial charge in [-0.3, -0.25) is 0 Å². The lowest BCUT2D eigenvalue weighted by Gasteiger charge is -2.29. The van der Waals surface area contributed by atoms with Crippen molar-refractivity contribution < 1.29 is 14.2 Å². The third-order valence-electron chi connectivity index (χ3n) is 2.53. The SMILES string of the molecule is N[C@@H]1c2cc(F)ccc2OC[C@@H]1CO. The van der Waals surface area contributed by atoms with Crippen LogP contribution in [0, 0.1) is 11.7 Å². The van der Waals surface area contributed by atoms with Gasteiger partial charge in [0, 0.05) is 17.5 Å². The molecule has 0 radical (unpaired) electrons. The van der Waals surface area contributed by atoms with E-state index in [9.17, 15) is 4.39 Å². The van der Waals surface area contributed by atoms with Crippen LogP contribution in [0.4, 0.5) is 4.39 Å². The van der Waals surface area contributed by atoms with E-state index >= 15 is 0 Å². The molecule has 0 aliphatic carbocycles. The minimum atomic E-state index is -0.348. The molecule has 1 aromatic carbocycles. The van der Waals surface area contributed by atoms with Crippen molar-refractivity contribution in [2.75, 3.05) is 13.2 Å². The third kappa shape index (κ3) is 1.47. The molecule has 14 heavy (non-hydrogen) atoms. The maximum Gasteiger partial charge on any atom is 0.124 e. The zero-order valence-corrected chi connectivity index (χ0v) is 7.61. The second-order valence-electron chi connectivity index (χ2n) is 3.46. The van der Waals surface area contributed by atoms with Crippen LogP contribution < -0.4 is 10.5 Å². The normalized spacial score (nSPS) is 25.4. The number of rotatable bonds is 1. The van der Waals surface area contributed by atoms with Gasteiger partial charge in [-0.1, -0.05) is 0 Å². The second-order valence-corrected chi connectivity index (χ2v) is 3.46. The predicted octanol–water partition coefficient (Wildman–Crippen LogP) is 0.826. The highest BCUT2D eigenvalue weighted by atomic mass is 19.1. The van der Waals surface area contributed by atoms with Crippen molar-refractivity contribution >= 4 is 0 Å². The maximum absolute atomic E-state index is 12.9. The first kappa shape index (κ1) is 9.43. The van der Waals surface area contributed by atoms with Crippen LogP contribution in [-0.2, 0) is 0 Å². The largest absolute Gasteiger partial charge is 0.493 e. The Morgan fingerprint density at radius 1 is 1.57 bits per heavy atom. The van der Waals surface area contributed by atoms with E-state index in [0.717, 1.165) is 0 Å². The summed E-state index contributed by atoms with van der Waals surface area (Å²) < 4.78 is 18.3. The van der Waals surface area contributed by atoms with Crippen LogP contribution in [0.3, 0.4) is 0 Å². The summed E-state index contributed by atoms with van der Waals surface area (Å²) in [5, 5.41) is 9.00. The van der Waals surface area contributed by atoms with E-state index in [2.05, 4.69) is 0 Å². The average molecular weight is 197 g/mol. The third-order valence-corrected chi connectivity index (χ3v) is 2.53. The summed E-state index contributed by atoms with van der Waals surface area (Å²) in [6.07, 6.45) is 0. The number of hydrogen-bond donors (Lipinski definition) is 2. The average Bonchev–Trinajstić information content (AvgIpc) is 2.20. The van der Waals surface area contributed by atoms with Gasteiger partial charge in [0.15, 0.2) is 0 Å². The molecule has 0 fully saturated rings. The molecule has 1 heterocycles. The smallest absolute Gasteiger partial charge is 0.124 e. The van der Waals surface area contributed by atoms with Crippen molar-refractivity contribution in [3.05, 3.63) is 29.6 Å².